The fraction of sp³-hybridized carbons (Fsp3) is 0.360. The van der Waals surface area contributed by atoms with Crippen LogP contribution in [0.15, 0.2) is 59.2 Å². The molecule has 0 amide bonds. The van der Waals surface area contributed by atoms with E-state index in [0.717, 1.165) is 49.4 Å². The van der Waals surface area contributed by atoms with E-state index in [1.165, 1.54) is 18.2 Å². The molecule has 1 aliphatic heterocycles. The molecule has 2 aromatic rings. The van der Waals surface area contributed by atoms with Gasteiger partial charge in [0.15, 0.2) is 0 Å². The molecule has 32 heavy (non-hydrogen) atoms. The van der Waals surface area contributed by atoms with Gasteiger partial charge in [-0.2, -0.15) is 0 Å². The number of ether oxygens (including phenoxy) is 1. The lowest BCUT2D eigenvalue weighted by atomic mass is 9.98. The van der Waals surface area contributed by atoms with Gasteiger partial charge in [0.2, 0.25) is 0 Å². The fourth-order valence-corrected chi connectivity index (χ4v) is 4.10. The first-order chi connectivity index (χ1) is 15.4. The van der Waals surface area contributed by atoms with Gasteiger partial charge in [0.05, 0.1) is 17.3 Å². The zero-order valence-corrected chi connectivity index (χ0v) is 19.5. The first-order valence-corrected chi connectivity index (χ1v) is 11.1. The Bertz CT molecular complexity index is 1010. The maximum Gasteiger partial charge on any atom is 0.144 e. The predicted molar refractivity (Wildman–Crippen MR) is 130 cm³/mol. The Morgan fingerprint density at radius 1 is 1.31 bits per heavy atom. The van der Waals surface area contributed by atoms with Gasteiger partial charge < -0.3 is 14.5 Å². The van der Waals surface area contributed by atoms with Gasteiger partial charge >= 0.3 is 0 Å². The maximum absolute atomic E-state index is 13.4. The zero-order valence-electron chi connectivity index (χ0n) is 18.7. The number of hydrogen-bond acceptors (Lipinski definition) is 4. The van der Waals surface area contributed by atoms with Gasteiger partial charge in [-0.15, -0.1) is 0 Å². The molecular formula is C25H29ClFN3O2. The van der Waals surface area contributed by atoms with Crippen LogP contribution >= 0.6 is 11.6 Å². The summed E-state index contributed by atoms with van der Waals surface area (Å²) in [4.78, 5) is 19.3. The Kier molecular flexibility index (Phi) is 8.28. The number of hydrogen-bond donors (Lipinski definition) is 0. The fourth-order valence-electron chi connectivity index (χ4n) is 3.80. The predicted octanol–water partition coefficient (Wildman–Crippen LogP) is 5.73. The molecule has 1 unspecified atom stereocenters. The summed E-state index contributed by atoms with van der Waals surface area (Å²) in [5, 5.41) is 0.675. The van der Waals surface area contributed by atoms with Crippen molar-refractivity contribution in [2.45, 2.75) is 26.7 Å². The molecule has 0 N–H and O–H groups in total. The average Bonchev–Trinajstić information content (AvgIpc) is 2.77. The van der Waals surface area contributed by atoms with Crippen LogP contribution in [0, 0.1) is 11.7 Å². The molecule has 1 atom stereocenters. The first kappa shape index (κ1) is 23.8. The van der Waals surface area contributed by atoms with Crippen molar-refractivity contribution in [3.8, 4) is 5.75 Å². The van der Waals surface area contributed by atoms with Gasteiger partial charge in [-0.3, -0.25) is 4.79 Å². The minimum absolute atomic E-state index is 0.292. The third-order valence-electron chi connectivity index (χ3n) is 5.59. The Labute approximate surface area is 194 Å². The van der Waals surface area contributed by atoms with Crippen LogP contribution in [0.4, 0.5) is 15.8 Å². The molecule has 1 saturated heterocycles. The number of anilines is 2. The second-order valence-corrected chi connectivity index (χ2v) is 8.43. The Balaban J connectivity index is 1.66. The number of amidine groups is 1. The molecule has 0 spiro atoms. The molecule has 0 aromatic heterocycles. The summed E-state index contributed by atoms with van der Waals surface area (Å²) in [6, 6.07) is 12.2. The summed E-state index contributed by atoms with van der Waals surface area (Å²) >= 11 is 6.67. The summed E-state index contributed by atoms with van der Waals surface area (Å²) in [5.74, 6) is 1.37. The van der Waals surface area contributed by atoms with E-state index >= 15 is 0 Å². The molecule has 7 heteroatoms. The van der Waals surface area contributed by atoms with E-state index in [0.29, 0.717) is 29.0 Å². The number of aldehydes is 1. The molecule has 3 rings (SSSR count). The van der Waals surface area contributed by atoms with Crippen molar-refractivity contribution in [3.63, 3.8) is 0 Å². The number of aliphatic imine (C=N–C) groups is 1. The largest absolute Gasteiger partial charge is 0.493 e. The second kappa shape index (κ2) is 11.1. The van der Waals surface area contributed by atoms with Gasteiger partial charge in [-0.25, -0.2) is 9.38 Å². The molecular weight excluding hydrogens is 429 g/mol. The highest BCUT2D eigenvalue weighted by atomic mass is 35.5. The lowest BCUT2D eigenvalue weighted by Crippen LogP contribution is -2.38. The van der Waals surface area contributed by atoms with Crippen molar-refractivity contribution < 1.29 is 13.9 Å². The van der Waals surface area contributed by atoms with Crippen molar-refractivity contribution >= 4 is 35.1 Å². The number of allylic oxidation sites excluding steroid dienone is 2. The zero-order chi connectivity index (χ0) is 23.1. The minimum atomic E-state index is -0.292. The van der Waals surface area contributed by atoms with Gasteiger partial charge in [-0.05, 0) is 63.1 Å². The van der Waals surface area contributed by atoms with Crippen molar-refractivity contribution in [3.05, 3.63) is 65.1 Å². The molecule has 0 radical (unpaired) electrons. The number of rotatable bonds is 7. The van der Waals surface area contributed by atoms with E-state index in [1.807, 2.05) is 37.1 Å². The number of benzene rings is 2. The molecule has 5 nitrogen and oxygen atoms in total. The molecule has 0 aliphatic carbocycles. The summed E-state index contributed by atoms with van der Waals surface area (Å²) < 4.78 is 19.2. The summed E-state index contributed by atoms with van der Waals surface area (Å²) in [7, 11) is 1.92. The van der Waals surface area contributed by atoms with Gasteiger partial charge in [0, 0.05) is 43.5 Å². The van der Waals surface area contributed by atoms with Crippen LogP contribution in [-0.4, -0.2) is 38.9 Å². The molecule has 170 valence electrons. The maximum atomic E-state index is 13.4. The topological polar surface area (TPSA) is 45.1 Å². The van der Waals surface area contributed by atoms with Gasteiger partial charge in [-0.1, -0.05) is 17.7 Å². The highest BCUT2D eigenvalue weighted by Gasteiger charge is 2.23. The van der Waals surface area contributed by atoms with Crippen LogP contribution < -0.4 is 14.5 Å². The van der Waals surface area contributed by atoms with E-state index in [4.69, 9.17) is 16.3 Å². The number of carbonyl (C=O) groups is 1. The Morgan fingerprint density at radius 3 is 2.84 bits per heavy atom. The molecule has 1 fully saturated rings. The quantitative estimate of drug-likeness (QED) is 0.230. The van der Waals surface area contributed by atoms with Crippen molar-refractivity contribution in [1.82, 2.24) is 0 Å². The monoisotopic (exact) mass is 457 g/mol. The summed E-state index contributed by atoms with van der Waals surface area (Å²) in [5.41, 5.74) is 2.56. The van der Waals surface area contributed by atoms with E-state index < -0.39 is 0 Å². The summed E-state index contributed by atoms with van der Waals surface area (Å²) in [6.07, 6.45) is 4.27. The molecule has 1 heterocycles. The molecule has 0 bridgehead atoms. The van der Waals surface area contributed by atoms with E-state index in [-0.39, 0.29) is 5.82 Å². The van der Waals surface area contributed by atoms with Crippen molar-refractivity contribution in [2.24, 2.45) is 10.9 Å². The van der Waals surface area contributed by atoms with Crippen LogP contribution in [0.3, 0.4) is 0 Å². The number of halogens is 2. The number of piperidine rings is 1. The molecule has 1 aliphatic rings. The smallest absolute Gasteiger partial charge is 0.144 e. The van der Waals surface area contributed by atoms with Crippen molar-refractivity contribution in [1.29, 1.82) is 0 Å². The van der Waals surface area contributed by atoms with Crippen molar-refractivity contribution in [2.75, 3.05) is 36.5 Å². The van der Waals surface area contributed by atoms with Gasteiger partial charge in [0.1, 0.15) is 23.7 Å². The Hall–Kier alpha value is -2.86. The third-order valence-corrected chi connectivity index (χ3v) is 5.90. The summed E-state index contributed by atoms with van der Waals surface area (Å²) in [6.45, 7) is 5.98. The normalized spacial score (nSPS) is 17.3. The van der Waals surface area contributed by atoms with Gasteiger partial charge in [0.25, 0.3) is 0 Å². The average molecular weight is 458 g/mol. The highest BCUT2D eigenvalue weighted by Crippen LogP contribution is 2.33. The standard InChI is InChI=1S/C25H29ClFN3O2/c1-18(11-13-31)28-19(2)29(3)22-9-10-25(24(26)15-22)30-12-5-6-20(16-30)17-32-23-8-4-7-21(27)14-23/h4,7-11,13-15,20H,5-6,12,16-17H2,1-3H3/b18-11-,28-19?. The van der Waals surface area contributed by atoms with E-state index in [2.05, 4.69) is 9.89 Å². The Morgan fingerprint density at radius 2 is 2.12 bits per heavy atom. The molecule has 2 aromatic carbocycles. The lowest BCUT2D eigenvalue weighted by molar-refractivity contribution is -0.104. The van der Waals surface area contributed by atoms with E-state index in [9.17, 15) is 9.18 Å². The minimum Gasteiger partial charge on any atom is -0.493 e. The second-order valence-electron chi connectivity index (χ2n) is 8.02. The number of nitrogens with zero attached hydrogens (tertiary/aromatic N) is 3. The lowest BCUT2D eigenvalue weighted by Gasteiger charge is -2.35. The van der Waals surface area contributed by atoms with Crippen LogP contribution in [0.5, 0.6) is 5.75 Å². The highest BCUT2D eigenvalue weighted by molar-refractivity contribution is 6.33. The van der Waals surface area contributed by atoms with Crippen LogP contribution in [0.2, 0.25) is 5.02 Å². The number of carbonyl (C=O) groups excluding carboxylic acids is 1. The van der Waals surface area contributed by atoms with Crippen LogP contribution in [0.1, 0.15) is 26.7 Å². The SMILES string of the molecule is CC(=N/C(C)=C\C=O)N(C)c1ccc(N2CCCC(COc3cccc(F)c3)C2)c(Cl)c1. The molecule has 0 saturated carbocycles. The third kappa shape index (κ3) is 6.33. The van der Waals surface area contributed by atoms with Crippen LogP contribution in [-0.2, 0) is 4.79 Å². The first-order valence-electron chi connectivity index (χ1n) is 10.7. The van der Waals surface area contributed by atoms with E-state index in [1.54, 1.807) is 19.1 Å². The van der Waals surface area contributed by atoms with Crippen LogP contribution in [0.25, 0.3) is 0 Å².